The molecule has 22 heavy (non-hydrogen) atoms. The highest BCUT2D eigenvalue weighted by molar-refractivity contribution is 5.93. The van der Waals surface area contributed by atoms with E-state index in [-0.39, 0.29) is 0 Å². The van der Waals surface area contributed by atoms with E-state index >= 15 is 0 Å². The summed E-state index contributed by atoms with van der Waals surface area (Å²) in [4.78, 5) is 6.99. The third-order valence-electron chi connectivity index (χ3n) is 4.36. The summed E-state index contributed by atoms with van der Waals surface area (Å²) in [6.07, 6.45) is 10.0. The van der Waals surface area contributed by atoms with Crippen LogP contribution in [0, 0.1) is 0 Å². The lowest BCUT2D eigenvalue weighted by Crippen LogP contribution is -2.74. The number of nitrogens with one attached hydrogen (secondary N) is 4. The third kappa shape index (κ3) is 4.58. The van der Waals surface area contributed by atoms with Crippen molar-refractivity contribution in [1.82, 2.24) is 0 Å². The molecule has 0 saturated heterocycles. The normalized spacial score (nSPS) is 19.5. The summed E-state index contributed by atoms with van der Waals surface area (Å²) in [5, 5.41) is 7.03. The fourth-order valence-corrected chi connectivity index (χ4v) is 3.06. The second kappa shape index (κ2) is 7.97. The molecule has 118 valence electrons. The van der Waals surface area contributed by atoms with Gasteiger partial charge in [0.15, 0.2) is 0 Å². The van der Waals surface area contributed by atoms with Crippen LogP contribution in [-0.2, 0) is 0 Å². The van der Waals surface area contributed by atoms with Crippen LogP contribution in [0.2, 0.25) is 0 Å². The molecular weight excluding hydrogens is 272 g/mol. The number of benzene rings is 1. The lowest BCUT2D eigenvalue weighted by atomic mass is 10.2. The predicted octanol–water partition coefficient (Wildman–Crippen LogP) is 0.617. The minimum absolute atomic E-state index is 1.09. The summed E-state index contributed by atoms with van der Waals surface area (Å²) in [5.41, 5.74) is 2.32. The van der Waals surface area contributed by atoms with Gasteiger partial charge in [-0.25, -0.2) is 10.6 Å². The molecule has 4 heteroatoms. The third-order valence-corrected chi connectivity index (χ3v) is 4.36. The maximum absolute atomic E-state index is 3.52. The quantitative estimate of drug-likeness (QED) is 0.647. The van der Waals surface area contributed by atoms with Crippen molar-refractivity contribution in [3.63, 3.8) is 0 Å². The molecule has 0 bridgehead atoms. The Balaban J connectivity index is 1.57. The van der Waals surface area contributed by atoms with Crippen LogP contribution in [-0.4, -0.2) is 24.8 Å². The smallest absolute Gasteiger partial charge is 0.247 e. The molecular formula is C18H28N4+2. The molecule has 0 saturated carbocycles. The predicted molar refractivity (Wildman–Crippen MR) is 92.3 cm³/mol. The van der Waals surface area contributed by atoms with E-state index < -0.39 is 0 Å². The molecule has 0 fully saturated rings. The van der Waals surface area contributed by atoms with E-state index in [1.165, 1.54) is 50.2 Å². The van der Waals surface area contributed by atoms with Crippen LogP contribution < -0.4 is 20.6 Å². The van der Waals surface area contributed by atoms with E-state index in [4.69, 9.17) is 0 Å². The molecule has 4 N–H and O–H groups in total. The first kappa shape index (κ1) is 15.1. The van der Waals surface area contributed by atoms with E-state index in [2.05, 4.69) is 44.9 Å². The molecule has 2 aliphatic rings. The van der Waals surface area contributed by atoms with E-state index in [9.17, 15) is 0 Å². The maximum atomic E-state index is 3.52. The largest absolute Gasteiger partial charge is 0.278 e. The fraction of sp³-hybridized carbons (Fsp3) is 0.556. The van der Waals surface area contributed by atoms with Gasteiger partial charge in [0.05, 0.1) is 13.1 Å². The first-order chi connectivity index (χ1) is 10.9. The summed E-state index contributed by atoms with van der Waals surface area (Å²) < 4.78 is 0. The van der Waals surface area contributed by atoms with Gasteiger partial charge in [-0.15, -0.1) is 0 Å². The summed E-state index contributed by atoms with van der Waals surface area (Å²) in [6, 6.07) is 8.61. The van der Waals surface area contributed by atoms with Crippen LogP contribution in [0.15, 0.2) is 24.3 Å². The second-order valence-electron chi connectivity index (χ2n) is 6.26. The molecule has 0 radical (unpaired) electrons. The van der Waals surface area contributed by atoms with Crippen molar-refractivity contribution in [3.05, 3.63) is 24.3 Å². The summed E-state index contributed by atoms with van der Waals surface area (Å²) in [6.45, 7) is 2.18. The van der Waals surface area contributed by atoms with Gasteiger partial charge in [0, 0.05) is 12.8 Å². The minimum atomic E-state index is 1.09. The Kier molecular flexibility index (Phi) is 5.46. The number of anilines is 2. The molecule has 4 nitrogen and oxygen atoms in total. The van der Waals surface area contributed by atoms with Crippen LogP contribution >= 0.6 is 0 Å². The van der Waals surface area contributed by atoms with E-state index in [1.54, 1.807) is 0 Å². The molecule has 0 atom stereocenters. The Bertz CT molecular complexity index is 482. The first-order valence-corrected chi connectivity index (χ1v) is 8.74. The molecule has 3 rings (SSSR count). The number of hydrogen-bond acceptors (Lipinski definition) is 2. The van der Waals surface area contributed by atoms with Crippen molar-refractivity contribution in [2.24, 2.45) is 0 Å². The lowest BCUT2D eigenvalue weighted by Gasteiger charge is -2.03. The molecule has 2 aliphatic heterocycles. The van der Waals surface area contributed by atoms with E-state index in [0.29, 0.717) is 0 Å². The Morgan fingerprint density at radius 3 is 1.50 bits per heavy atom. The number of amidine groups is 2. The van der Waals surface area contributed by atoms with Gasteiger partial charge in [0.1, 0.15) is 11.4 Å². The lowest BCUT2D eigenvalue weighted by molar-refractivity contribution is -0.457. The standard InChI is InChI=1S/C18H26N4/c1-3-7-17(19-13-5-1)21-15-9-11-16(12-10-15)22-18-8-4-2-6-14-20-18/h9-12H,1-8,13-14H2,(H,19,21)(H,20,22)/p+2. The Hall–Kier alpha value is -1.84. The SMILES string of the molecule is c1cc(NC2=[NH+]CCCCC2)ccc1NC1=[NH+]CCCCC1. The van der Waals surface area contributed by atoms with Gasteiger partial charge in [-0.1, -0.05) is 0 Å². The first-order valence-electron chi connectivity index (χ1n) is 8.74. The van der Waals surface area contributed by atoms with Crippen molar-refractivity contribution in [3.8, 4) is 0 Å². The summed E-state index contributed by atoms with van der Waals surface area (Å²) in [7, 11) is 0. The van der Waals surface area contributed by atoms with Gasteiger partial charge in [-0.3, -0.25) is 9.98 Å². The zero-order valence-electron chi connectivity index (χ0n) is 13.4. The zero-order chi connectivity index (χ0) is 15.0. The molecule has 0 amide bonds. The van der Waals surface area contributed by atoms with Gasteiger partial charge in [-0.2, -0.15) is 0 Å². The minimum Gasteiger partial charge on any atom is -0.278 e. The average molecular weight is 300 g/mol. The van der Waals surface area contributed by atoms with Crippen LogP contribution in [0.4, 0.5) is 11.4 Å². The Morgan fingerprint density at radius 1 is 0.591 bits per heavy atom. The molecule has 0 unspecified atom stereocenters. The molecule has 1 aromatic rings. The zero-order valence-corrected chi connectivity index (χ0v) is 13.4. The van der Waals surface area contributed by atoms with Crippen LogP contribution in [0.25, 0.3) is 0 Å². The summed E-state index contributed by atoms with van der Waals surface area (Å²) >= 11 is 0. The van der Waals surface area contributed by atoms with Crippen LogP contribution in [0.3, 0.4) is 0 Å². The molecule has 0 spiro atoms. The molecule has 0 aliphatic carbocycles. The van der Waals surface area contributed by atoms with Crippen molar-refractivity contribution in [2.45, 2.75) is 51.4 Å². The highest BCUT2D eigenvalue weighted by Crippen LogP contribution is 2.15. The molecule has 2 heterocycles. The highest BCUT2D eigenvalue weighted by atomic mass is 15.0. The Labute approximate surface area is 133 Å². The van der Waals surface area contributed by atoms with Gasteiger partial charge in [-0.05, 0) is 62.8 Å². The maximum Gasteiger partial charge on any atom is 0.247 e. The van der Waals surface area contributed by atoms with E-state index in [0.717, 1.165) is 37.3 Å². The highest BCUT2D eigenvalue weighted by Gasteiger charge is 2.13. The average Bonchev–Trinajstić information content (AvgIpc) is 2.94. The van der Waals surface area contributed by atoms with Crippen molar-refractivity contribution >= 4 is 23.0 Å². The van der Waals surface area contributed by atoms with Crippen LogP contribution in [0.1, 0.15) is 51.4 Å². The topological polar surface area (TPSA) is 52.0 Å². The van der Waals surface area contributed by atoms with Crippen molar-refractivity contribution < 1.29 is 9.98 Å². The number of rotatable bonds is 2. The van der Waals surface area contributed by atoms with Gasteiger partial charge in [0.25, 0.3) is 0 Å². The summed E-state index contributed by atoms with van der Waals surface area (Å²) in [5.74, 6) is 2.52. The second-order valence-corrected chi connectivity index (χ2v) is 6.26. The molecule has 0 aromatic heterocycles. The van der Waals surface area contributed by atoms with Gasteiger partial charge >= 0.3 is 0 Å². The van der Waals surface area contributed by atoms with Crippen LogP contribution in [0.5, 0.6) is 0 Å². The molecule has 1 aromatic carbocycles. The Morgan fingerprint density at radius 2 is 1.05 bits per heavy atom. The monoisotopic (exact) mass is 300 g/mol. The van der Waals surface area contributed by atoms with Gasteiger partial charge in [0.2, 0.25) is 11.7 Å². The van der Waals surface area contributed by atoms with E-state index in [1.807, 2.05) is 0 Å². The van der Waals surface area contributed by atoms with Gasteiger partial charge < -0.3 is 0 Å². The van der Waals surface area contributed by atoms with Crippen molar-refractivity contribution in [2.75, 3.05) is 23.7 Å². The van der Waals surface area contributed by atoms with Crippen molar-refractivity contribution in [1.29, 1.82) is 0 Å². The number of hydrogen-bond donors (Lipinski definition) is 4. The fourth-order valence-electron chi connectivity index (χ4n) is 3.06.